The lowest BCUT2D eigenvalue weighted by molar-refractivity contribution is -0.115. The molecule has 0 amide bonds. The van der Waals surface area contributed by atoms with Gasteiger partial charge in [-0.15, -0.1) is 9.24 Å². The van der Waals surface area contributed by atoms with E-state index in [-0.39, 0.29) is 12.3 Å². The van der Waals surface area contributed by atoms with Crippen molar-refractivity contribution in [1.82, 2.24) is 5.32 Å². The standard InChI is InChI=1S/C10H13N2OPS/c1-7(13)6-11-10(15)12-8-3-2-4-9(14)5-8/h2-5H,6,14H2,1H3,(H2,11,12,15). The Morgan fingerprint density at radius 3 is 2.87 bits per heavy atom. The SMILES string of the molecule is CC(=O)CNC(=S)Nc1cccc(P)c1. The Balaban J connectivity index is 2.48. The van der Waals surface area contributed by atoms with Gasteiger partial charge >= 0.3 is 0 Å². The largest absolute Gasteiger partial charge is 0.355 e. The number of carbonyl (C=O) groups is 1. The molecule has 0 aliphatic heterocycles. The molecule has 80 valence electrons. The minimum atomic E-state index is 0.0546. The van der Waals surface area contributed by atoms with E-state index in [4.69, 9.17) is 12.2 Å². The molecule has 1 unspecified atom stereocenters. The quantitative estimate of drug-likeness (QED) is 0.612. The molecule has 0 aromatic heterocycles. The molecule has 5 heteroatoms. The van der Waals surface area contributed by atoms with Crippen LogP contribution in [0.25, 0.3) is 0 Å². The van der Waals surface area contributed by atoms with E-state index in [1.165, 1.54) is 6.92 Å². The van der Waals surface area contributed by atoms with E-state index in [2.05, 4.69) is 19.9 Å². The normalized spacial score (nSPS) is 9.47. The van der Waals surface area contributed by atoms with Crippen molar-refractivity contribution in [3.8, 4) is 0 Å². The van der Waals surface area contributed by atoms with Crippen LogP contribution in [-0.2, 0) is 4.79 Å². The number of benzene rings is 1. The van der Waals surface area contributed by atoms with Crippen molar-refractivity contribution in [2.45, 2.75) is 6.92 Å². The predicted molar refractivity (Wildman–Crippen MR) is 70.7 cm³/mol. The van der Waals surface area contributed by atoms with Gasteiger partial charge in [-0.1, -0.05) is 12.1 Å². The molecule has 15 heavy (non-hydrogen) atoms. The highest BCUT2D eigenvalue weighted by molar-refractivity contribution is 7.80. The highest BCUT2D eigenvalue weighted by Crippen LogP contribution is 2.05. The third-order valence-corrected chi connectivity index (χ3v) is 2.25. The van der Waals surface area contributed by atoms with Crippen LogP contribution < -0.4 is 15.9 Å². The maximum Gasteiger partial charge on any atom is 0.171 e. The van der Waals surface area contributed by atoms with Crippen molar-refractivity contribution < 1.29 is 4.79 Å². The molecule has 3 nitrogen and oxygen atoms in total. The zero-order chi connectivity index (χ0) is 11.3. The molecular formula is C10H13N2OPS. The van der Waals surface area contributed by atoms with Gasteiger partial charge < -0.3 is 10.6 Å². The third-order valence-electron chi connectivity index (χ3n) is 1.64. The number of Topliss-reactive ketones (excluding diaryl/α,β-unsaturated/α-hetero) is 1. The number of nitrogens with one attached hydrogen (secondary N) is 2. The van der Waals surface area contributed by atoms with Gasteiger partial charge in [-0.25, -0.2) is 0 Å². The summed E-state index contributed by atoms with van der Waals surface area (Å²) < 4.78 is 0. The van der Waals surface area contributed by atoms with Crippen LogP contribution in [-0.4, -0.2) is 17.4 Å². The van der Waals surface area contributed by atoms with Crippen LogP contribution >= 0.6 is 21.5 Å². The van der Waals surface area contributed by atoms with Crippen LogP contribution in [0, 0.1) is 0 Å². The Labute approximate surface area is 96.8 Å². The molecule has 0 aliphatic carbocycles. The average molecular weight is 240 g/mol. The van der Waals surface area contributed by atoms with Gasteiger partial charge in [-0.3, -0.25) is 4.79 Å². The lowest BCUT2D eigenvalue weighted by Crippen LogP contribution is -2.32. The predicted octanol–water partition coefficient (Wildman–Crippen LogP) is 1.06. The first-order chi connectivity index (χ1) is 7.08. The first kappa shape index (κ1) is 12.1. The summed E-state index contributed by atoms with van der Waals surface area (Å²) in [5, 5.41) is 7.34. The van der Waals surface area contributed by atoms with E-state index in [1.807, 2.05) is 24.3 Å². The summed E-state index contributed by atoms with van der Waals surface area (Å²) in [6, 6.07) is 7.77. The highest BCUT2D eigenvalue weighted by Gasteiger charge is 1.98. The minimum absolute atomic E-state index is 0.0546. The van der Waals surface area contributed by atoms with E-state index in [1.54, 1.807) is 0 Å². The number of ketones is 1. The maximum atomic E-state index is 10.7. The second-order valence-electron chi connectivity index (χ2n) is 3.14. The second kappa shape index (κ2) is 5.79. The van der Waals surface area contributed by atoms with E-state index in [0.29, 0.717) is 5.11 Å². The lowest BCUT2D eigenvalue weighted by atomic mass is 10.3. The molecule has 0 spiro atoms. The van der Waals surface area contributed by atoms with Crippen LogP contribution in [0.3, 0.4) is 0 Å². The van der Waals surface area contributed by atoms with Crippen LogP contribution in [0.4, 0.5) is 5.69 Å². The molecule has 1 atom stereocenters. The molecule has 2 N–H and O–H groups in total. The molecule has 0 saturated heterocycles. The van der Waals surface area contributed by atoms with Crippen molar-refractivity contribution in [3.05, 3.63) is 24.3 Å². The molecule has 1 rings (SSSR count). The summed E-state index contributed by atoms with van der Waals surface area (Å²) in [7, 11) is 2.61. The highest BCUT2D eigenvalue weighted by atomic mass is 32.1. The Bertz CT molecular complexity index is 381. The summed E-state index contributed by atoms with van der Waals surface area (Å²) in [4.78, 5) is 10.7. The van der Waals surface area contributed by atoms with Gasteiger partial charge in [0, 0.05) is 5.69 Å². The van der Waals surface area contributed by atoms with Gasteiger partial charge in [-0.05, 0) is 36.6 Å². The fourth-order valence-electron chi connectivity index (χ4n) is 0.996. The zero-order valence-corrected chi connectivity index (χ0v) is 10.4. The van der Waals surface area contributed by atoms with Gasteiger partial charge in [0.1, 0.15) is 5.78 Å². The van der Waals surface area contributed by atoms with E-state index < -0.39 is 0 Å². The molecule has 1 aromatic carbocycles. The van der Waals surface area contributed by atoms with Crippen LogP contribution in [0.15, 0.2) is 24.3 Å². The van der Waals surface area contributed by atoms with E-state index >= 15 is 0 Å². The zero-order valence-electron chi connectivity index (χ0n) is 8.41. The first-order valence-corrected chi connectivity index (χ1v) is 5.46. The number of hydrogen-bond acceptors (Lipinski definition) is 2. The maximum absolute atomic E-state index is 10.7. The van der Waals surface area contributed by atoms with E-state index in [9.17, 15) is 4.79 Å². The topological polar surface area (TPSA) is 41.1 Å². The van der Waals surface area contributed by atoms with Crippen molar-refractivity contribution in [2.24, 2.45) is 0 Å². The Morgan fingerprint density at radius 2 is 2.27 bits per heavy atom. The van der Waals surface area contributed by atoms with Crippen molar-refractivity contribution >= 4 is 43.3 Å². The fraction of sp³-hybridized carbons (Fsp3) is 0.200. The van der Waals surface area contributed by atoms with E-state index in [0.717, 1.165) is 11.0 Å². The third kappa shape index (κ3) is 4.86. The number of hydrogen-bond donors (Lipinski definition) is 2. The number of rotatable bonds is 3. The summed E-state index contributed by atoms with van der Waals surface area (Å²) in [6.45, 7) is 1.77. The second-order valence-corrected chi connectivity index (χ2v) is 4.21. The summed E-state index contributed by atoms with van der Waals surface area (Å²) in [6.07, 6.45) is 0. The summed E-state index contributed by atoms with van der Waals surface area (Å²) in [5.74, 6) is 0.0546. The molecule has 0 fully saturated rings. The molecule has 0 radical (unpaired) electrons. The summed E-state index contributed by atoms with van der Waals surface area (Å²) in [5.41, 5.74) is 0.906. The smallest absolute Gasteiger partial charge is 0.171 e. The van der Waals surface area contributed by atoms with Gasteiger partial charge in [0.2, 0.25) is 0 Å². The van der Waals surface area contributed by atoms with Gasteiger partial charge in [0.05, 0.1) is 6.54 Å². The van der Waals surface area contributed by atoms with Crippen molar-refractivity contribution in [3.63, 3.8) is 0 Å². The molecule has 0 bridgehead atoms. The van der Waals surface area contributed by atoms with Crippen molar-refractivity contribution in [1.29, 1.82) is 0 Å². The van der Waals surface area contributed by atoms with Crippen molar-refractivity contribution in [2.75, 3.05) is 11.9 Å². The molecule has 0 aliphatic rings. The minimum Gasteiger partial charge on any atom is -0.355 e. The van der Waals surface area contributed by atoms with Gasteiger partial charge in [-0.2, -0.15) is 0 Å². The number of thiocarbonyl (C=S) groups is 1. The van der Waals surface area contributed by atoms with Gasteiger partial charge in [0.15, 0.2) is 5.11 Å². The Morgan fingerprint density at radius 1 is 1.53 bits per heavy atom. The van der Waals surface area contributed by atoms with Crippen LogP contribution in [0.1, 0.15) is 6.92 Å². The Kier molecular flexibility index (Phi) is 4.66. The fourth-order valence-corrected chi connectivity index (χ4v) is 1.48. The van der Waals surface area contributed by atoms with Crippen LogP contribution in [0.5, 0.6) is 0 Å². The molecule has 0 heterocycles. The number of anilines is 1. The molecule has 1 aromatic rings. The summed E-state index contributed by atoms with van der Waals surface area (Å²) >= 11 is 5.02. The molecular weight excluding hydrogens is 227 g/mol. The average Bonchev–Trinajstić information content (AvgIpc) is 2.15. The Hall–Kier alpha value is -0.990. The molecule has 0 saturated carbocycles. The lowest BCUT2D eigenvalue weighted by Gasteiger charge is -2.09. The first-order valence-electron chi connectivity index (χ1n) is 4.48. The van der Waals surface area contributed by atoms with Gasteiger partial charge in [0.25, 0.3) is 0 Å². The van der Waals surface area contributed by atoms with Crippen LogP contribution in [0.2, 0.25) is 0 Å². The number of carbonyl (C=O) groups excluding carboxylic acids is 1. The monoisotopic (exact) mass is 240 g/mol.